The van der Waals surface area contributed by atoms with E-state index < -0.39 is 12.0 Å². The molecule has 1 heterocycles. The molecule has 0 aliphatic rings. The average Bonchev–Trinajstić information content (AvgIpc) is 2.89. The summed E-state index contributed by atoms with van der Waals surface area (Å²) in [7, 11) is 0. The van der Waals surface area contributed by atoms with Gasteiger partial charge in [0, 0.05) is 11.3 Å². The van der Waals surface area contributed by atoms with Crippen molar-refractivity contribution in [2.45, 2.75) is 19.6 Å². The number of aliphatic carboxylic acids is 1. The predicted octanol–water partition coefficient (Wildman–Crippen LogP) is 5.15. The second kappa shape index (κ2) is 10.4. The Bertz CT molecular complexity index is 1260. The third kappa shape index (κ3) is 4.94. The van der Waals surface area contributed by atoms with Crippen molar-refractivity contribution in [3.05, 3.63) is 102 Å². The van der Waals surface area contributed by atoms with Gasteiger partial charge in [-0.25, -0.2) is 14.8 Å². The first-order chi connectivity index (χ1) is 16.6. The van der Waals surface area contributed by atoms with Crippen LogP contribution in [0.5, 0.6) is 5.75 Å². The molecule has 1 N–H and O–H groups in total. The van der Waals surface area contributed by atoms with Crippen LogP contribution in [-0.2, 0) is 11.4 Å². The number of aldehydes is 1. The lowest BCUT2D eigenvalue weighted by atomic mass is 10.1. The van der Waals surface area contributed by atoms with Crippen molar-refractivity contribution in [1.29, 1.82) is 0 Å². The predicted molar refractivity (Wildman–Crippen MR) is 129 cm³/mol. The van der Waals surface area contributed by atoms with E-state index in [1.165, 1.54) is 11.2 Å². The number of ether oxygens (including phenoxy) is 1. The molecule has 0 bridgehead atoms. The number of para-hydroxylation sites is 1. The molecule has 7 heteroatoms. The van der Waals surface area contributed by atoms with Crippen LogP contribution in [0.1, 0.15) is 22.8 Å². The van der Waals surface area contributed by atoms with Crippen molar-refractivity contribution in [3.63, 3.8) is 0 Å². The summed E-state index contributed by atoms with van der Waals surface area (Å²) in [5.41, 5.74) is 2.97. The first-order valence-corrected chi connectivity index (χ1v) is 10.7. The molecule has 0 unspecified atom stereocenters. The number of nitrogens with zero attached hydrogens (tertiary/aromatic N) is 3. The van der Waals surface area contributed by atoms with E-state index in [0.29, 0.717) is 35.6 Å². The number of hydrogen-bond donors (Lipinski definition) is 1. The van der Waals surface area contributed by atoms with E-state index >= 15 is 0 Å². The summed E-state index contributed by atoms with van der Waals surface area (Å²) in [5, 5.41) is 9.70. The van der Waals surface area contributed by atoms with Crippen LogP contribution in [0.2, 0.25) is 0 Å². The molecule has 0 amide bonds. The van der Waals surface area contributed by atoms with Gasteiger partial charge in [0.15, 0.2) is 6.29 Å². The van der Waals surface area contributed by atoms with E-state index in [1.807, 2.05) is 60.7 Å². The lowest BCUT2D eigenvalue weighted by molar-refractivity contribution is -0.138. The smallest absolute Gasteiger partial charge is 0.326 e. The molecule has 0 fully saturated rings. The second-order valence-corrected chi connectivity index (χ2v) is 7.60. The van der Waals surface area contributed by atoms with Crippen LogP contribution in [-0.4, -0.2) is 33.4 Å². The molecule has 4 aromatic rings. The van der Waals surface area contributed by atoms with Crippen molar-refractivity contribution in [1.82, 2.24) is 9.97 Å². The summed E-state index contributed by atoms with van der Waals surface area (Å²) >= 11 is 0. The van der Waals surface area contributed by atoms with Crippen molar-refractivity contribution < 1.29 is 19.4 Å². The van der Waals surface area contributed by atoms with Gasteiger partial charge in [0.25, 0.3) is 0 Å². The Morgan fingerprint density at radius 2 is 1.62 bits per heavy atom. The summed E-state index contributed by atoms with van der Waals surface area (Å²) < 4.78 is 5.84. The monoisotopic (exact) mass is 453 g/mol. The molecular weight excluding hydrogens is 430 g/mol. The number of carbonyl (C=O) groups is 2. The number of anilines is 2. The van der Waals surface area contributed by atoms with Crippen molar-refractivity contribution in [3.8, 4) is 17.0 Å². The van der Waals surface area contributed by atoms with E-state index in [2.05, 4.69) is 9.97 Å². The lowest BCUT2D eigenvalue weighted by Crippen LogP contribution is -2.36. The maximum atomic E-state index is 12.2. The highest BCUT2D eigenvalue weighted by atomic mass is 16.5. The fourth-order valence-electron chi connectivity index (χ4n) is 3.60. The Balaban J connectivity index is 1.67. The molecule has 0 saturated carbocycles. The highest BCUT2D eigenvalue weighted by Gasteiger charge is 2.27. The van der Waals surface area contributed by atoms with Gasteiger partial charge in [-0.1, -0.05) is 48.5 Å². The molecule has 0 radical (unpaired) electrons. The minimum Gasteiger partial charge on any atom is -0.489 e. The van der Waals surface area contributed by atoms with Crippen LogP contribution in [0.4, 0.5) is 11.5 Å². The van der Waals surface area contributed by atoms with Gasteiger partial charge in [-0.3, -0.25) is 4.79 Å². The summed E-state index contributed by atoms with van der Waals surface area (Å²) in [4.78, 5) is 34.2. The standard InChI is InChI=1S/C27H23N3O4/c1-19(27(32)33)30(22-10-6-3-7-11-22)26-24(16-31)25(28-18-29-26)21-12-14-23(15-13-21)34-17-20-8-4-2-5-9-20/h2-16,18-19H,17H2,1H3,(H,32,33)/t19-/m0/s1. The summed E-state index contributed by atoms with van der Waals surface area (Å²) in [5.74, 6) is -0.133. The molecule has 170 valence electrons. The summed E-state index contributed by atoms with van der Waals surface area (Å²) in [6, 6.07) is 25.1. The van der Waals surface area contributed by atoms with Gasteiger partial charge in [-0.05, 0) is 48.9 Å². The maximum absolute atomic E-state index is 12.2. The first-order valence-electron chi connectivity index (χ1n) is 10.7. The van der Waals surface area contributed by atoms with Crippen LogP contribution in [0.3, 0.4) is 0 Å². The van der Waals surface area contributed by atoms with Crippen LogP contribution < -0.4 is 9.64 Å². The van der Waals surface area contributed by atoms with Gasteiger partial charge in [0.05, 0.1) is 11.3 Å². The number of benzene rings is 3. The SMILES string of the molecule is C[C@@H](C(=O)O)N(c1ccccc1)c1ncnc(-c2ccc(OCc3ccccc3)cc2)c1C=O. The molecule has 0 spiro atoms. The van der Waals surface area contributed by atoms with Crippen molar-refractivity contribution in [2.75, 3.05) is 4.90 Å². The number of carbonyl (C=O) groups excluding carboxylic acids is 1. The minimum absolute atomic E-state index is 0.206. The lowest BCUT2D eigenvalue weighted by Gasteiger charge is -2.29. The van der Waals surface area contributed by atoms with E-state index in [-0.39, 0.29) is 11.4 Å². The fourth-order valence-corrected chi connectivity index (χ4v) is 3.60. The Kier molecular flexibility index (Phi) is 6.93. The highest BCUT2D eigenvalue weighted by molar-refractivity contribution is 5.94. The number of aromatic nitrogens is 2. The van der Waals surface area contributed by atoms with E-state index in [0.717, 1.165) is 5.56 Å². The van der Waals surface area contributed by atoms with E-state index in [4.69, 9.17) is 4.74 Å². The molecule has 3 aromatic carbocycles. The van der Waals surface area contributed by atoms with E-state index in [1.54, 1.807) is 31.2 Å². The molecule has 1 aromatic heterocycles. The van der Waals surface area contributed by atoms with Gasteiger partial charge < -0.3 is 14.7 Å². The number of rotatable bonds is 9. The molecule has 4 rings (SSSR count). The molecule has 7 nitrogen and oxygen atoms in total. The van der Waals surface area contributed by atoms with Crippen LogP contribution in [0.25, 0.3) is 11.3 Å². The van der Waals surface area contributed by atoms with E-state index in [9.17, 15) is 14.7 Å². The fraction of sp³-hybridized carbons (Fsp3) is 0.111. The van der Waals surface area contributed by atoms with Gasteiger partial charge in [-0.15, -0.1) is 0 Å². The third-order valence-electron chi connectivity index (χ3n) is 5.36. The normalized spacial score (nSPS) is 11.4. The van der Waals surface area contributed by atoms with Gasteiger partial charge in [0.1, 0.15) is 30.5 Å². The zero-order chi connectivity index (χ0) is 23.9. The summed E-state index contributed by atoms with van der Waals surface area (Å²) in [6.07, 6.45) is 2.00. The quantitative estimate of drug-likeness (QED) is 0.351. The van der Waals surface area contributed by atoms with Crippen molar-refractivity contribution >= 4 is 23.8 Å². The topological polar surface area (TPSA) is 92.6 Å². The van der Waals surface area contributed by atoms with Crippen LogP contribution >= 0.6 is 0 Å². The zero-order valence-corrected chi connectivity index (χ0v) is 18.5. The number of carboxylic acids is 1. The largest absolute Gasteiger partial charge is 0.489 e. The van der Waals surface area contributed by atoms with Gasteiger partial charge in [0.2, 0.25) is 0 Å². The Hall–Kier alpha value is -4.52. The average molecular weight is 453 g/mol. The van der Waals surface area contributed by atoms with Crippen LogP contribution in [0.15, 0.2) is 91.3 Å². The molecular formula is C27H23N3O4. The highest BCUT2D eigenvalue weighted by Crippen LogP contribution is 2.33. The first kappa shape index (κ1) is 22.7. The van der Waals surface area contributed by atoms with Gasteiger partial charge in [-0.2, -0.15) is 0 Å². The zero-order valence-electron chi connectivity index (χ0n) is 18.5. The second-order valence-electron chi connectivity index (χ2n) is 7.60. The Morgan fingerprint density at radius 1 is 0.971 bits per heavy atom. The molecule has 0 aliphatic heterocycles. The Morgan fingerprint density at radius 3 is 2.24 bits per heavy atom. The minimum atomic E-state index is -1.04. The maximum Gasteiger partial charge on any atom is 0.326 e. The molecule has 0 saturated heterocycles. The van der Waals surface area contributed by atoms with Gasteiger partial charge >= 0.3 is 5.97 Å². The molecule has 34 heavy (non-hydrogen) atoms. The number of carboxylic acid groups (broad SMARTS) is 1. The molecule has 1 atom stereocenters. The Labute approximate surface area is 197 Å². The summed E-state index contributed by atoms with van der Waals surface area (Å²) in [6.45, 7) is 1.99. The van der Waals surface area contributed by atoms with Crippen molar-refractivity contribution in [2.24, 2.45) is 0 Å². The van der Waals surface area contributed by atoms with Crippen LogP contribution in [0, 0.1) is 0 Å². The number of hydrogen-bond acceptors (Lipinski definition) is 6. The third-order valence-corrected chi connectivity index (χ3v) is 5.36. The molecule has 0 aliphatic carbocycles.